The van der Waals surface area contributed by atoms with Gasteiger partial charge in [-0.2, -0.15) is 0 Å². The molecule has 2 aromatic heterocycles. The smallest absolute Gasteiger partial charge is 0.277 e. The van der Waals surface area contributed by atoms with Crippen molar-refractivity contribution in [3.8, 4) is 17.0 Å². The van der Waals surface area contributed by atoms with Gasteiger partial charge in [-0.15, -0.1) is 11.3 Å². The molecule has 0 saturated heterocycles. The zero-order chi connectivity index (χ0) is 16.3. The molecule has 2 heterocycles. The number of hydrogen-bond acceptors (Lipinski definition) is 6. The molecule has 0 aliphatic rings. The van der Waals surface area contributed by atoms with Crippen LogP contribution in [0.25, 0.3) is 11.3 Å². The van der Waals surface area contributed by atoms with Gasteiger partial charge in [0.05, 0.1) is 12.8 Å². The molecule has 0 fully saturated rings. The fourth-order valence-electron chi connectivity index (χ4n) is 1.97. The van der Waals surface area contributed by atoms with E-state index in [1.165, 1.54) is 13.3 Å². The number of benzene rings is 1. The molecular weight excluding hydrogens is 334 g/mol. The predicted octanol–water partition coefficient (Wildman–Crippen LogP) is 3.01. The summed E-state index contributed by atoms with van der Waals surface area (Å²) in [5, 5.41) is 1.65. The molecule has 0 aliphatic heterocycles. The molecule has 0 unspecified atom stereocenters. The van der Waals surface area contributed by atoms with Crippen LogP contribution in [0.15, 0.2) is 58.3 Å². The van der Waals surface area contributed by atoms with Crippen LogP contribution in [-0.4, -0.2) is 25.5 Å². The first kappa shape index (κ1) is 15.4. The topological polar surface area (TPSA) is 81.2 Å². The van der Waals surface area contributed by atoms with Crippen molar-refractivity contribution in [2.24, 2.45) is 0 Å². The molecule has 23 heavy (non-hydrogen) atoms. The highest BCUT2D eigenvalue weighted by Gasteiger charge is 2.22. The van der Waals surface area contributed by atoms with Crippen LogP contribution in [-0.2, 0) is 10.0 Å². The van der Waals surface area contributed by atoms with Gasteiger partial charge in [-0.25, -0.2) is 23.1 Å². The predicted molar refractivity (Wildman–Crippen MR) is 89.1 cm³/mol. The largest absolute Gasteiger partial charge is 0.494 e. The first-order valence-corrected chi connectivity index (χ1v) is 8.99. The average Bonchev–Trinajstić information content (AvgIpc) is 3.05. The molecule has 8 heteroatoms. The van der Waals surface area contributed by atoms with Crippen LogP contribution in [0.3, 0.4) is 0 Å². The molecule has 0 aliphatic carbocycles. The van der Waals surface area contributed by atoms with Gasteiger partial charge in [0, 0.05) is 11.8 Å². The van der Waals surface area contributed by atoms with Crippen molar-refractivity contribution < 1.29 is 13.2 Å². The Labute approximate surface area is 137 Å². The number of hydrogen-bond donors (Lipinski definition) is 1. The quantitative estimate of drug-likeness (QED) is 0.767. The van der Waals surface area contributed by atoms with E-state index in [1.807, 2.05) is 30.3 Å². The van der Waals surface area contributed by atoms with Gasteiger partial charge < -0.3 is 4.74 Å². The van der Waals surface area contributed by atoms with E-state index in [4.69, 9.17) is 4.74 Å². The van der Waals surface area contributed by atoms with Crippen molar-refractivity contribution in [1.29, 1.82) is 0 Å². The van der Waals surface area contributed by atoms with E-state index in [2.05, 4.69) is 14.7 Å². The molecule has 0 atom stereocenters. The third-order valence-corrected chi connectivity index (χ3v) is 5.79. The number of ether oxygens (including phenoxy) is 1. The lowest BCUT2D eigenvalue weighted by Crippen LogP contribution is -2.14. The Morgan fingerprint density at radius 1 is 1.13 bits per heavy atom. The molecule has 0 radical (unpaired) electrons. The number of methoxy groups -OCH3 is 1. The minimum atomic E-state index is -3.79. The van der Waals surface area contributed by atoms with Crippen molar-refractivity contribution in [3.05, 3.63) is 54.0 Å². The van der Waals surface area contributed by atoms with Gasteiger partial charge >= 0.3 is 0 Å². The van der Waals surface area contributed by atoms with Crippen molar-refractivity contribution in [2.75, 3.05) is 11.8 Å². The van der Waals surface area contributed by atoms with E-state index in [0.717, 1.165) is 16.9 Å². The number of nitrogens with one attached hydrogen (secondary N) is 1. The second kappa shape index (κ2) is 6.35. The summed E-state index contributed by atoms with van der Waals surface area (Å²) < 4.78 is 32.4. The standard InChI is InChI=1S/C15H13N3O3S2/c1-21-13-8-10-22-14(13)23(19,20)18-15-16-9-7-12(17-15)11-5-3-2-4-6-11/h2-10H,1H3,(H,16,17,18). The maximum atomic E-state index is 12.4. The van der Waals surface area contributed by atoms with Crippen LogP contribution >= 0.6 is 11.3 Å². The van der Waals surface area contributed by atoms with Crippen LogP contribution < -0.4 is 9.46 Å². The van der Waals surface area contributed by atoms with Crippen LogP contribution in [0.1, 0.15) is 0 Å². The number of anilines is 1. The summed E-state index contributed by atoms with van der Waals surface area (Å²) in [7, 11) is -2.37. The third kappa shape index (κ3) is 3.33. The first-order chi connectivity index (χ1) is 11.1. The van der Waals surface area contributed by atoms with Gasteiger partial charge in [-0.1, -0.05) is 30.3 Å². The number of aromatic nitrogens is 2. The minimum Gasteiger partial charge on any atom is -0.494 e. The highest BCUT2D eigenvalue weighted by atomic mass is 32.2. The van der Waals surface area contributed by atoms with E-state index in [1.54, 1.807) is 17.5 Å². The molecule has 1 N–H and O–H groups in total. The summed E-state index contributed by atoms with van der Waals surface area (Å²) in [5.41, 5.74) is 1.51. The van der Waals surface area contributed by atoms with Gasteiger partial charge in [0.1, 0.15) is 5.75 Å². The van der Waals surface area contributed by atoms with E-state index >= 15 is 0 Å². The summed E-state index contributed by atoms with van der Waals surface area (Å²) in [4.78, 5) is 8.23. The molecule has 118 valence electrons. The fraction of sp³-hybridized carbons (Fsp3) is 0.0667. The normalized spacial score (nSPS) is 11.2. The maximum Gasteiger partial charge on any atom is 0.277 e. The summed E-state index contributed by atoms with van der Waals surface area (Å²) in [6.07, 6.45) is 1.51. The van der Waals surface area contributed by atoms with E-state index < -0.39 is 10.0 Å². The van der Waals surface area contributed by atoms with E-state index in [9.17, 15) is 8.42 Å². The average molecular weight is 347 g/mol. The summed E-state index contributed by atoms with van der Waals surface area (Å²) in [6, 6.07) is 12.8. The zero-order valence-electron chi connectivity index (χ0n) is 12.1. The Hall–Kier alpha value is -2.45. The second-order valence-corrected chi connectivity index (χ2v) is 7.31. The molecule has 0 spiro atoms. The third-order valence-electron chi connectivity index (χ3n) is 3.01. The van der Waals surface area contributed by atoms with Crippen molar-refractivity contribution >= 4 is 27.3 Å². The summed E-state index contributed by atoms with van der Waals surface area (Å²) >= 11 is 1.07. The van der Waals surface area contributed by atoms with Gasteiger partial charge in [-0.05, 0) is 17.5 Å². The Kier molecular flexibility index (Phi) is 4.26. The first-order valence-electron chi connectivity index (χ1n) is 6.63. The van der Waals surface area contributed by atoms with Gasteiger partial charge in [-0.3, -0.25) is 0 Å². The molecule has 0 bridgehead atoms. The van der Waals surface area contributed by atoms with Gasteiger partial charge in [0.2, 0.25) is 5.95 Å². The van der Waals surface area contributed by atoms with Crippen LogP contribution in [0.5, 0.6) is 5.75 Å². The number of nitrogens with zero attached hydrogens (tertiary/aromatic N) is 2. The molecule has 3 rings (SSSR count). The fourth-order valence-corrected chi connectivity index (χ4v) is 4.20. The number of rotatable bonds is 5. The Bertz CT molecular complexity index is 908. The van der Waals surface area contributed by atoms with Crippen LogP contribution in [0.4, 0.5) is 5.95 Å². The SMILES string of the molecule is COc1ccsc1S(=O)(=O)Nc1nccc(-c2ccccc2)n1. The molecule has 0 amide bonds. The number of sulfonamides is 1. The lowest BCUT2D eigenvalue weighted by atomic mass is 10.1. The monoisotopic (exact) mass is 347 g/mol. The molecule has 1 aromatic carbocycles. The lowest BCUT2D eigenvalue weighted by molar-refractivity contribution is 0.406. The zero-order valence-corrected chi connectivity index (χ0v) is 13.8. The maximum absolute atomic E-state index is 12.4. The highest BCUT2D eigenvalue weighted by Crippen LogP contribution is 2.30. The van der Waals surface area contributed by atoms with E-state index in [-0.39, 0.29) is 10.2 Å². The molecule has 6 nitrogen and oxygen atoms in total. The highest BCUT2D eigenvalue weighted by molar-refractivity contribution is 7.94. The van der Waals surface area contributed by atoms with Crippen molar-refractivity contribution in [2.45, 2.75) is 4.21 Å². The van der Waals surface area contributed by atoms with Crippen molar-refractivity contribution in [3.63, 3.8) is 0 Å². The van der Waals surface area contributed by atoms with Crippen LogP contribution in [0, 0.1) is 0 Å². The van der Waals surface area contributed by atoms with Crippen LogP contribution in [0.2, 0.25) is 0 Å². The van der Waals surface area contributed by atoms with Crippen molar-refractivity contribution in [1.82, 2.24) is 9.97 Å². The van der Waals surface area contributed by atoms with Gasteiger partial charge in [0.25, 0.3) is 10.0 Å². The summed E-state index contributed by atoms with van der Waals surface area (Å²) in [5.74, 6) is 0.309. The number of thiophene rings is 1. The summed E-state index contributed by atoms with van der Waals surface area (Å²) in [6.45, 7) is 0. The molecule has 3 aromatic rings. The molecular formula is C15H13N3O3S2. The molecule has 0 saturated carbocycles. The lowest BCUT2D eigenvalue weighted by Gasteiger charge is -2.08. The minimum absolute atomic E-state index is 0.0156. The Morgan fingerprint density at radius 3 is 2.65 bits per heavy atom. The Balaban J connectivity index is 1.92. The van der Waals surface area contributed by atoms with E-state index in [0.29, 0.717) is 11.4 Å². The Morgan fingerprint density at radius 2 is 1.91 bits per heavy atom. The van der Waals surface area contributed by atoms with Gasteiger partial charge in [0.15, 0.2) is 4.21 Å². The second-order valence-electron chi connectivity index (χ2n) is 4.51.